The van der Waals surface area contributed by atoms with Crippen molar-refractivity contribution in [1.29, 1.82) is 0 Å². The molecule has 1 atom stereocenters. The smallest absolute Gasteiger partial charge is 0.418 e. The van der Waals surface area contributed by atoms with Crippen LogP contribution in [0.4, 0.5) is 17.6 Å². The van der Waals surface area contributed by atoms with E-state index in [1.807, 2.05) is 0 Å². The molecule has 0 saturated heterocycles. The Morgan fingerprint density at radius 1 is 1.33 bits per heavy atom. The van der Waals surface area contributed by atoms with Crippen LogP contribution >= 0.6 is 0 Å². The second kappa shape index (κ2) is 4.06. The maximum absolute atomic E-state index is 12.7. The van der Waals surface area contributed by atoms with Crippen molar-refractivity contribution in [3.63, 3.8) is 0 Å². The SMILES string of the molecule is COc1cc(F)ccc1[C@@H](O)C(F)(F)F. The minimum absolute atomic E-state index is 0.333. The predicted molar refractivity (Wildman–Crippen MR) is 44.0 cm³/mol. The average molecular weight is 224 g/mol. The largest absolute Gasteiger partial charge is 0.496 e. The number of hydrogen-bond acceptors (Lipinski definition) is 2. The van der Waals surface area contributed by atoms with E-state index in [0.29, 0.717) is 0 Å². The Morgan fingerprint density at radius 3 is 2.40 bits per heavy atom. The fourth-order valence-electron chi connectivity index (χ4n) is 1.09. The maximum Gasteiger partial charge on any atom is 0.418 e. The minimum atomic E-state index is -4.80. The lowest BCUT2D eigenvalue weighted by Gasteiger charge is -2.17. The molecule has 15 heavy (non-hydrogen) atoms. The molecule has 0 aliphatic carbocycles. The Hall–Kier alpha value is -1.30. The summed E-state index contributed by atoms with van der Waals surface area (Å²) in [6.45, 7) is 0. The highest BCUT2D eigenvalue weighted by Crippen LogP contribution is 2.37. The summed E-state index contributed by atoms with van der Waals surface area (Å²) in [6.07, 6.45) is -7.47. The van der Waals surface area contributed by atoms with Gasteiger partial charge in [0.15, 0.2) is 6.10 Å². The molecule has 0 amide bonds. The van der Waals surface area contributed by atoms with Gasteiger partial charge in [0.2, 0.25) is 0 Å². The maximum atomic E-state index is 12.7. The quantitative estimate of drug-likeness (QED) is 0.782. The number of hydrogen-bond donors (Lipinski definition) is 1. The normalized spacial score (nSPS) is 13.7. The number of alkyl halides is 3. The van der Waals surface area contributed by atoms with E-state index in [4.69, 9.17) is 5.11 Å². The second-order valence-electron chi connectivity index (χ2n) is 2.83. The average Bonchev–Trinajstić information content (AvgIpc) is 2.15. The standard InChI is InChI=1S/C9H8F4O2/c1-15-7-4-5(10)2-3-6(7)8(14)9(11,12)13/h2-4,8,14H,1H3/t8-/m1/s1. The molecule has 2 nitrogen and oxygen atoms in total. The first kappa shape index (κ1) is 11.8. The molecule has 84 valence electrons. The summed E-state index contributed by atoms with van der Waals surface area (Å²) in [6, 6.07) is 2.45. The highest BCUT2D eigenvalue weighted by Gasteiger charge is 2.40. The molecule has 0 spiro atoms. The third-order valence-corrected chi connectivity index (χ3v) is 1.80. The van der Waals surface area contributed by atoms with Crippen LogP contribution in [0, 0.1) is 5.82 Å². The fraction of sp³-hybridized carbons (Fsp3) is 0.333. The zero-order chi connectivity index (χ0) is 11.6. The Labute approximate surface area is 83.1 Å². The first-order valence-corrected chi connectivity index (χ1v) is 3.94. The molecular weight excluding hydrogens is 216 g/mol. The van der Waals surface area contributed by atoms with E-state index in [-0.39, 0.29) is 5.75 Å². The number of halogens is 4. The Kier molecular flexibility index (Phi) is 3.18. The van der Waals surface area contributed by atoms with Gasteiger partial charge in [-0.05, 0) is 12.1 Å². The lowest BCUT2D eigenvalue weighted by molar-refractivity contribution is -0.207. The molecular formula is C9H8F4O2. The molecule has 0 aromatic heterocycles. The lowest BCUT2D eigenvalue weighted by Crippen LogP contribution is -2.20. The number of methoxy groups -OCH3 is 1. The van der Waals surface area contributed by atoms with Crippen molar-refractivity contribution in [2.45, 2.75) is 12.3 Å². The number of ether oxygens (including phenoxy) is 1. The molecule has 0 aliphatic rings. The van der Waals surface area contributed by atoms with Crippen LogP contribution < -0.4 is 4.74 Å². The van der Waals surface area contributed by atoms with Crippen LogP contribution in [0.3, 0.4) is 0 Å². The van der Waals surface area contributed by atoms with Gasteiger partial charge in [-0.15, -0.1) is 0 Å². The summed E-state index contributed by atoms with van der Waals surface area (Å²) in [5, 5.41) is 8.93. The van der Waals surface area contributed by atoms with Crippen molar-refractivity contribution in [2.75, 3.05) is 7.11 Å². The first-order valence-electron chi connectivity index (χ1n) is 3.94. The van der Waals surface area contributed by atoms with Crippen molar-refractivity contribution >= 4 is 0 Å². The van der Waals surface area contributed by atoms with Gasteiger partial charge in [-0.1, -0.05) is 0 Å². The third kappa shape index (κ3) is 2.59. The van der Waals surface area contributed by atoms with Gasteiger partial charge in [0.05, 0.1) is 7.11 Å². The van der Waals surface area contributed by atoms with Crippen LogP contribution in [0.15, 0.2) is 18.2 Å². The molecule has 6 heteroatoms. The van der Waals surface area contributed by atoms with Crippen molar-refractivity contribution in [3.05, 3.63) is 29.6 Å². The van der Waals surface area contributed by atoms with Crippen molar-refractivity contribution in [3.8, 4) is 5.75 Å². The van der Waals surface area contributed by atoms with Gasteiger partial charge in [-0.25, -0.2) is 4.39 Å². The summed E-state index contributed by atoms with van der Waals surface area (Å²) in [5.74, 6) is -1.07. The molecule has 0 bridgehead atoms. The van der Waals surface area contributed by atoms with Gasteiger partial charge in [0.25, 0.3) is 0 Å². The van der Waals surface area contributed by atoms with E-state index >= 15 is 0 Å². The van der Waals surface area contributed by atoms with E-state index in [1.54, 1.807) is 0 Å². The van der Waals surface area contributed by atoms with Crippen LogP contribution in [0.2, 0.25) is 0 Å². The van der Waals surface area contributed by atoms with E-state index in [0.717, 1.165) is 25.3 Å². The number of aliphatic hydroxyl groups is 1. The summed E-state index contributed by atoms with van der Waals surface area (Å²) in [5.41, 5.74) is -0.508. The van der Waals surface area contributed by atoms with Crippen LogP contribution in [0.5, 0.6) is 5.75 Å². The summed E-state index contributed by atoms with van der Waals surface area (Å²) in [7, 11) is 1.10. The molecule has 0 saturated carbocycles. The molecule has 0 aliphatic heterocycles. The number of benzene rings is 1. The molecule has 0 radical (unpaired) electrons. The van der Waals surface area contributed by atoms with Gasteiger partial charge in [-0.3, -0.25) is 0 Å². The second-order valence-corrected chi connectivity index (χ2v) is 2.83. The van der Waals surface area contributed by atoms with Crippen LogP contribution in [-0.4, -0.2) is 18.4 Å². The van der Waals surface area contributed by atoms with Gasteiger partial charge in [0, 0.05) is 11.6 Å². The molecule has 1 aromatic rings. The van der Waals surface area contributed by atoms with E-state index in [9.17, 15) is 17.6 Å². The zero-order valence-electron chi connectivity index (χ0n) is 7.68. The third-order valence-electron chi connectivity index (χ3n) is 1.80. The first-order chi connectivity index (χ1) is 6.86. The number of aliphatic hydroxyl groups excluding tert-OH is 1. The van der Waals surface area contributed by atoms with Gasteiger partial charge < -0.3 is 9.84 Å². The van der Waals surface area contributed by atoms with Gasteiger partial charge in [-0.2, -0.15) is 13.2 Å². The lowest BCUT2D eigenvalue weighted by atomic mass is 10.1. The molecule has 1 N–H and O–H groups in total. The molecule has 1 rings (SSSR count). The monoisotopic (exact) mass is 224 g/mol. The Bertz CT molecular complexity index is 348. The van der Waals surface area contributed by atoms with Gasteiger partial charge >= 0.3 is 6.18 Å². The molecule has 0 unspecified atom stereocenters. The Morgan fingerprint density at radius 2 is 1.93 bits per heavy atom. The minimum Gasteiger partial charge on any atom is -0.496 e. The zero-order valence-corrected chi connectivity index (χ0v) is 7.68. The number of rotatable bonds is 2. The van der Waals surface area contributed by atoms with E-state index in [2.05, 4.69) is 4.74 Å². The van der Waals surface area contributed by atoms with Crippen molar-refractivity contribution in [2.24, 2.45) is 0 Å². The van der Waals surface area contributed by atoms with Crippen LogP contribution in [0.25, 0.3) is 0 Å². The van der Waals surface area contributed by atoms with Crippen molar-refractivity contribution < 1.29 is 27.4 Å². The van der Waals surface area contributed by atoms with E-state index < -0.39 is 23.7 Å². The summed E-state index contributed by atoms with van der Waals surface area (Å²) in [4.78, 5) is 0. The molecule has 0 fully saturated rings. The summed E-state index contributed by atoms with van der Waals surface area (Å²) >= 11 is 0. The summed E-state index contributed by atoms with van der Waals surface area (Å²) < 4.78 is 53.7. The topological polar surface area (TPSA) is 29.5 Å². The highest BCUT2D eigenvalue weighted by molar-refractivity contribution is 5.36. The van der Waals surface area contributed by atoms with E-state index in [1.165, 1.54) is 0 Å². The van der Waals surface area contributed by atoms with Gasteiger partial charge in [0.1, 0.15) is 11.6 Å². The van der Waals surface area contributed by atoms with Crippen molar-refractivity contribution in [1.82, 2.24) is 0 Å². The predicted octanol–water partition coefficient (Wildman–Crippen LogP) is 2.43. The van der Waals surface area contributed by atoms with Crippen LogP contribution in [0.1, 0.15) is 11.7 Å². The highest BCUT2D eigenvalue weighted by atomic mass is 19.4. The Balaban J connectivity index is 3.14. The fourth-order valence-corrected chi connectivity index (χ4v) is 1.09. The van der Waals surface area contributed by atoms with Crippen LogP contribution in [-0.2, 0) is 0 Å². The molecule has 0 heterocycles. The molecule has 1 aromatic carbocycles.